The van der Waals surface area contributed by atoms with Crippen molar-refractivity contribution >= 4 is 23.5 Å². The number of rotatable bonds is 4. The maximum atomic E-state index is 13.3. The van der Waals surface area contributed by atoms with E-state index in [-0.39, 0.29) is 23.1 Å². The quantitative estimate of drug-likeness (QED) is 0.745. The maximum absolute atomic E-state index is 13.3. The van der Waals surface area contributed by atoms with Crippen LogP contribution in [0.2, 0.25) is 0 Å². The van der Waals surface area contributed by atoms with Crippen molar-refractivity contribution in [3.63, 3.8) is 0 Å². The zero-order chi connectivity index (χ0) is 21.6. The molecule has 30 heavy (non-hydrogen) atoms. The molecule has 8 heteroatoms. The summed E-state index contributed by atoms with van der Waals surface area (Å²) in [6, 6.07) is 7.49. The lowest BCUT2D eigenvalue weighted by Gasteiger charge is -2.44. The van der Waals surface area contributed by atoms with Gasteiger partial charge in [-0.15, -0.1) is 0 Å². The zero-order valence-electron chi connectivity index (χ0n) is 17.6. The third-order valence-corrected chi connectivity index (χ3v) is 7.20. The van der Waals surface area contributed by atoms with Crippen molar-refractivity contribution in [2.45, 2.75) is 25.8 Å². The van der Waals surface area contributed by atoms with E-state index >= 15 is 0 Å². The van der Waals surface area contributed by atoms with Gasteiger partial charge in [0.05, 0.1) is 5.92 Å². The number of carboxylic acids is 1. The Morgan fingerprint density at radius 3 is 2.33 bits per heavy atom. The van der Waals surface area contributed by atoms with E-state index in [4.69, 9.17) is 5.73 Å². The SMILES string of the molecule is Cc1ccccc1N1CCN(C(=O)C2C(C(=O)O)CC3(CC3C(N)=O)CN2C)CC1. The zero-order valence-corrected chi connectivity index (χ0v) is 17.6. The number of benzene rings is 1. The number of amides is 2. The van der Waals surface area contributed by atoms with Crippen LogP contribution >= 0.6 is 0 Å². The van der Waals surface area contributed by atoms with E-state index in [2.05, 4.69) is 24.0 Å². The molecule has 1 spiro atoms. The molecule has 2 heterocycles. The van der Waals surface area contributed by atoms with Crippen LogP contribution < -0.4 is 10.6 Å². The van der Waals surface area contributed by atoms with Crippen molar-refractivity contribution in [3.8, 4) is 0 Å². The van der Waals surface area contributed by atoms with Crippen LogP contribution in [-0.2, 0) is 14.4 Å². The molecule has 4 rings (SSSR count). The number of para-hydroxylation sites is 1. The number of carbonyl (C=O) groups excluding carboxylic acids is 2. The molecule has 3 aliphatic rings. The first-order chi connectivity index (χ1) is 14.2. The van der Waals surface area contributed by atoms with Crippen LogP contribution in [0.4, 0.5) is 5.69 Å². The topological polar surface area (TPSA) is 107 Å². The highest BCUT2D eigenvalue weighted by Gasteiger charge is 2.63. The van der Waals surface area contributed by atoms with E-state index in [1.165, 1.54) is 11.3 Å². The van der Waals surface area contributed by atoms with Gasteiger partial charge in [-0.3, -0.25) is 19.3 Å². The first-order valence-electron chi connectivity index (χ1n) is 10.6. The molecule has 1 aromatic rings. The van der Waals surface area contributed by atoms with Gasteiger partial charge in [0.15, 0.2) is 0 Å². The number of aryl methyl sites for hydroxylation is 1. The fraction of sp³-hybridized carbons (Fsp3) is 0.591. The third kappa shape index (κ3) is 3.53. The van der Waals surface area contributed by atoms with Gasteiger partial charge in [-0.05, 0) is 43.9 Å². The molecule has 0 radical (unpaired) electrons. The number of hydrogen-bond donors (Lipinski definition) is 2. The van der Waals surface area contributed by atoms with Gasteiger partial charge in [0.2, 0.25) is 11.8 Å². The van der Waals surface area contributed by atoms with Crippen LogP contribution in [0.25, 0.3) is 0 Å². The first-order valence-corrected chi connectivity index (χ1v) is 10.6. The summed E-state index contributed by atoms with van der Waals surface area (Å²) in [5, 5.41) is 9.86. The van der Waals surface area contributed by atoms with Gasteiger partial charge in [0.1, 0.15) is 6.04 Å². The van der Waals surface area contributed by atoms with E-state index in [9.17, 15) is 19.5 Å². The third-order valence-electron chi connectivity index (χ3n) is 7.20. The van der Waals surface area contributed by atoms with Crippen molar-refractivity contribution in [2.24, 2.45) is 23.0 Å². The van der Waals surface area contributed by atoms with Crippen LogP contribution in [0.15, 0.2) is 24.3 Å². The summed E-state index contributed by atoms with van der Waals surface area (Å²) in [5.41, 5.74) is 7.46. The summed E-state index contributed by atoms with van der Waals surface area (Å²) >= 11 is 0. The number of piperidine rings is 1. The van der Waals surface area contributed by atoms with Crippen LogP contribution in [-0.4, -0.2) is 78.5 Å². The summed E-state index contributed by atoms with van der Waals surface area (Å²) in [5.74, 6) is -2.58. The molecule has 1 aromatic carbocycles. The molecule has 2 amide bonds. The molecule has 0 bridgehead atoms. The summed E-state index contributed by atoms with van der Waals surface area (Å²) in [4.78, 5) is 42.9. The minimum absolute atomic E-state index is 0.125. The Hall–Kier alpha value is -2.61. The van der Waals surface area contributed by atoms with Gasteiger partial charge in [0.25, 0.3) is 0 Å². The number of hydrogen-bond acceptors (Lipinski definition) is 5. The predicted octanol–water partition coefficient (Wildman–Crippen LogP) is 0.540. The number of anilines is 1. The highest BCUT2D eigenvalue weighted by atomic mass is 16.4. The van der Waals surface area contributed by atoms with E-state index in [1.807, 2.05) is 17.0 Å². The number of primary amides is 1. The molecular formula is C22H30N4O4. The maximum Gasteiger partial charge on any atom is 0.308 e. The summed E-state index contributed by atoms with van der Waals surface area (Å²) in [6.45, 7) is 5.19. The molecule has 8 nitrogen and oxygen atoms in total. The molecule has 2 aliphatic heterocycles. The lowest BCUT2D eigenvalue weighted by Crippen LogP contribution is -2.61. The van der Waals surface area contributed by atoms with Gasteiger partial charge in [-0.25, -0.2) is 0 Å². The Kier molecular flexibility index (Phi) is 5.22. The van der Waals surface area contributed by atoms with E-state index in [0.29, 0.717) is 32.5 Å². The standard InChI is InChI=1S/C22H30N4O4/c1-14-5-3-4-6-17(14)25-7-9-26(10-8-25)20(28)18-15(21(29)30)11-22(13-24(18)2)12-16(22)19(23)27/h3-6,15-16,18H,7-13H2,1-2H3,(H2,23,27)(H,29,30). The van der Waals surface area contributed by atoms with Crippen molar-refractivity contribution in [3.05, 3.63) is 29.8 Å². The Bertz CT molecular complexity index is 866. The minimum Gasteiger partial charge on any atom is -0.481 e. The number of nitrogens with two attached hydrogens (primary N) is 1. The van der Waals surface area contributed by atoms with E-state index in [1.54, 1.807) is 11.9 Å². The Morgan fingerprint density at radius 2 is 1.77 bits per heavy atom. The average Bonchev–Trinajstić information content (AvgIpc) is 3.40. The molecule has 0 aromatic heterocycles. The van der Waals surface area contributed by atoms with E-state index < -0.39 is 17.9 Å². The largest absolute Gasteiger partial charge is 0.481 e. The predicted molar refractivity (Wildman–Crippen MR) is 112 cm³/mol. The van der Waals surface area contributed by atoms with Crippen LogP contribution in [0, 0.1) is 24.2 Å². The minimum atomic E-state index is -0.979. The number of aliphatic carboxylic acids is 1. The van der Waals surface area contributed by atoms with Crippen molar-refractivity contribution < 1.29 is 19.5 Å². The number of likely N-dealkylation sites (tertiary alicyclic amines) is 1. The summed E-state index contributed by atoms with van der Waals surface area (Å²) in [7, 11) is 1.79. The molecule has 1 saturated carbocycles. The second kappa shape index (κ2) is 7.58. The Labute approximate surface area is 176 Å². The lowest BCUT2D eigenvalue weighted by atomic mass is 9.79. The van der Waals surface area contributed by atoms with Crippen LogP contribution in [0.1, 0.15) is 18.4 Å². The summed E-state index contributed by atoms with van der Waals surface area (Å²) in [6.07, 6.45) is 0.951. The fourth-order valence-corrected chi connectivity index (χ4v) is 5.52. The fourth-order valence-electron chi connectivity index (χ4n) is 5.52. The number of carboxylic acid groups (broad SMARTS) is 1. The number of likely N-dealkylation sites (N-methyl/N-ethyl adjacent to an activating group) is 1. The molecule has 2 saturated heterocycles. The molecule has 4 unspecified atom stereocenters. The van der Waals surface area contributed by atoms with Gasteiger partial charge in [-0.1, -0.05) is 18.2 Å². The molecule has 1 aliphatic carbocycles. The molecular weight excluding hydrogens is 384 g/mol. The smallest absolute Gasteiger partial charge is 0.308 e. The van der Waals surface area contributed by atoms with Crippen LogP contribution in [0.5, 0.6) is 0 Å². The number of piperazine rings is 1. The molecule has 162 valence electrons. The van der Waals surface area contributed by atoms with Gasteiger partial charge in [-0.2, -0.15) is 0 Å². The van der Waals surface area contributed by atoms with E-state index in [0.717, 1.165) is 13.1 Å². The molecule has 3 N–H and O–H groups in total. The first kappa shape index (κ1) is 20.7. The second-order valence-electron chi connectivity index (χ2n) is 9.13. The average molecular weight is 415 g/mol. The monoisotopic (exact) mass is 414 g/mol. The van der Waals surface area contributed by atoms with Crippen LogP contribution in [0.3, 0.4) is 0 Å². The van der Waals surface area contributed by atoms with Gasteiger partial charge < -0.3 is 20.6 Å². The summed E-state index contributed by atoms with van der Waals surface area (Å²) < 4.78 is 0. The van der Waals surface area contributed by atoms with Crippen molar-refractivity contribution in [2.75, 3.05) is 44.7 Å². The Balaban J connectivity index is 1.45. The van der Waals surface area contributed by atoms with Crippen molar-refractivity contribution in [1.29, 1.82) is 0 Å². The molecule has 3 fully saturated rings. The second-order valence-corrected chi connectivity index (χ2v) is 9.13. The lowest BCUT2D eigenvalue weighted by molar-refractivity contribution is -0.156. The van der Waals surface area contributed by atoms with Gasteiger partial charge in [0, 0.05) is 44.3 Å². The van der Waals surface area contributed by atoms with Gasteiger partial charge >= 0.3 is 5.97 Å². The Morgan fingerprint density at radius 1 is 1.10 bits per heavy atom. The van der Waals surface area contributed by atoms with Crippen molar-refractivity contribution in [1.82, 2.24) is 9.80 Å². The molecule has 4 atom stereocenters. The highest BCUT2D eigenvalue weighted by molar-refractivity contribution is 5.89. The normalized spacial score (nSPS) is 31.6. The number of nitrogens with zero attached hydrogens (tertiary/aromatic N) is 3. The highest BCUT2D eigenvalue weighted by Crippen LogP contribution is 2.59. The number of carbonyl (C=O) groups is 3.